The molecular formula is C17H25N3. The van der Waals surface area contributed by atoms with Crippen LogP contribution >= 0.6 is 0 Å². The van der Waals surface area contributed by atoms with Crippen LogP contribution in [0.2, 0.25) is 0 Å². The van der Waals surface area contributed by atoms with Crippen LogP contribution in [-0.4, -0.2) is 16.7 Å². The normalized spacial score (nSPS) is 12.6. The Labute approximate surface area is 121 Å². The molecule has 0 spiro atoms. The lowest BCUT2D eigenvalue weighted by Gasteiger charge is -2.17. The fourth-order valence-corrected chi connectivity index (χ4v) is 2.56. The SMILES string of the molecule is Cc1ccc(C)c(C(C)NCCCc2cn[nH]c2C)c1. The first-order chi connectivity index (χ1) is 9.58. The van der Waals surface area contributed by atoms with Crippen LogP contribution in [0, 0.1) is 20.8 Å². The van der Waals surface area contributed by atoms with Gasteiger partial charge in [-0.25, -0.2) is 0 Å². The molecule has 108 valence electrons. The van der Waals surface area contributed by atoms with Crippen LogP contribution in [-0.2, 0) is 6.42 Å². The molecule has 2 aromatic rings. The van der Waals surface area contributed by atoms with Gasteiger partial charge >= 0.3 is 0 Å². The van der Waals surface area contributed by atoms with E-state index >= 15 is 0 Å². The lowest BCUT2D eigenvalue weighted by molar-refractivity contribution is 0.556. The summed E-state index contributed by atoms with van der Waals surface area (Å²) in [6.45, 7) is 9.68. The Morgan fingerprint density at radius 1 is 1.25 bits per heavy atom. The lowest BCUT2D eigenvalue weighted by atomic mass is 10.00. The third-order valence-corrected chi connectivity index (χ3v) is 3.91. The zero-order valence-electron chi connectivity index (χ0n) is 13.0. The first kappa shape index (κ1) is 14.8. The third kappa shape index (κ3) is 3.70. The summed E-state index contributed by atoms with van der Waals surface area (Å²) >= 11 is 0. The van der Waals surface area contributed by atoms with Crippen LogP contribution in [0.15, 0.2) is 24.4 Å². The van der Waals surface area contributed by atoms with Crippen LogP contribution in [0.4, 0.5) is 0 Å². The molecule has 1 aromatic carbocycles. The van der Waals surface area contributed by atoms with Gasteiger partial charge in [-0.1, -0.05) is 23.8 Å². The lowest BCUT2D eigenvalue weighted by Crippen LogP contribution is -2.21. The number of H-pyrrole nitrogens is 1. The molecule has 20 heavy (non-hydrogen) atoms. The maximum absolute atomic E-state index is 4.06. The van der Waals surface area contributed by atoms with Crippen LogP contribution in [0.1, 0.15) is 47.3 Å². The zero-order valence-corrected chi connectivity index (χ0v) is 13.0. The van der Waals surface area contributed by atoms with Gasteiger partial charge in [0.2, 0.25) is 0 Å². The molecule has 0 saturated carbocycles. The third-order valence-electron chi connectivity index (χ3n) is 3.91. The Hall–Kier alpha value is -1.61. The highest BCUT2D eigenvalue weighted by Gasteiger charge is 2.08. The second-order valence-electron chi connectivity index (χ2n) is 5.66. The number of aromatic nitrogens is 2. The van der Waals surface area contributed by atoms with Crippen LogP contribution in [0.3, 0.4) is 0 Å². The van der Waals surface area contributed by atoms with Gasteiger partial charge in [0.05, 0.1) is 6.20 Å². The predicted molar refractivity (Wildman–Crippen MR) is 84.0 cm³/mol. The van der Waals surface area contributed by atoms with E-state index in [9.17, 15) is 0 Å². The summed E-state index contributed by atoms with van der Waals surface area (Å²) < 4.78 is 0. The largest absolute Gasteiger partial charge is 0.310 e. The number of aryl methyl sites for hydroxylation is 4. The topological polar surface area (TPSA) is 40.7 Å². The maximum atomic E-state index is 4.06. The number of benzene rings is 1. The van der Waals surface area contributed by atoms with Gasteiger partial charge < -0.3 is 5.32 Å². The molecule has 0 bridgehead atoms. The van der Waals surface area contributed by atoms with E-state index in [1.807, 2.05) is 6.20 Å². The van der Waals surface area contributed by atoms with Crippen molar-refractivity contribution in [2.75, 3.05) is 6.54 Å². The number of rotatable bonds is 6. The quantitative estimate of drug-likeness (QED) is 0.788. The van der Waals surface area contributed by atoms with Gasteiger partial charge in [-0.3, -0.25) is 5.10 Å². The van der Waals surface area contributed by atoms with E-state index in [1.165, 1.54) is 27.9 Å². The molecule has 0 aliphatic heterocycles. The highest BCUT2D eigenvalue weighted by molar-refractivity contribution is 5.32. The van der Waals surface area contributed by atoms with Crippen LogP contribution in [0.25, 0.3) is 0 Å². The average Bonchev–Trinajstić information content (AvgIpc) is 2.83. The van der Waals surface area contributed by atoms with Gasteiger partial charge in [-0.2, -0.15) is 5.10 Å². The summed E-state index contributed by atoms with van der Waals surface area (Å²) in [6.07, 6.45) is 4.15. The highest BCUT2D eigenvalue weighted by atomic mass is 15.1. The number of nitrogens with one attached hydrogen (secondary N) is 2. The molecule has 1 unspecified atom stereocenters. The fourth-order valence-electron chi connectivity index (χ4n) is 2.56. The molecule has 3 heteroatoms. The molecule has 1 atom stereocenters. The van der Waals surface area contributed by atoms with E-state index in [4.69, 9.17) is 0 Å². The molecule has 3 nitrogen and oxygen atoms in total. The minimum Gasteiger partial charge on any atom is -0.310 e. The molecule has 0 aliphatic carbocycles. The fraction of sp³-hybridized carbons (Fsp3) is 0.471. The Morgan fingerprint density at radius 2 is 2.05 bits per heavy atom. The summed E-state index contributed by atoms with van der Waals surface area (Å²) in [5.41, 5.74) is 6.61. The van der Waals surface area contributed by atoms with Crippen molar-refractivity contribution in [3.63, 3.8) is 0 Å². The molecule has 0 aliphatic rings. The maximum Gasteiger partial charge on any atom is 0.0522 e. The van der Waals surface area contributed by atoms with Crippen molar-refractivity contribution < 1.29 is 0 Å². The Balaban J connectivity index is 1.82. The van der Waals surface area contributed by atoms with E-state index in [0.29, 0.717) is 6.04 Å². The molecule has 1 aromatic heterocycles. The van der Waals surface area contributed by atoms with E-state index < -0.39 is 0 Å². The Morgan fingerprint density at radius 3 is 2.75 bits per heavy atom. The van der Waals surface area contributed by atoms with E-state index in [1.54, 1.807) is 0 Å². The number of aromatic amines is 1. The van der Waals surface area contributed by atoms with Gasteiger partial charge in [0.1, 0.15) is 0 Å². The van der Waals surface area contributed by atoms with Gasteiger partial charge in [-0.05, 0) is 63.8 Å². The van der Waals surface area contributed by atoms with E-state index in [0.717, 1.165) is 19.4 Å². The Bertz CT molecular complexity index is 557. The molecule has 2 rings (SSSR count). The van der Waals surface area contributed by atoms with Crippen molar-refractivity contribution >= 4 is 0 Å². The number of hydrogen-bond acceptors (Lipinski definition) is 2. The monoisotopic (exact) mass is 271 g/mol. The smallest absolute Gasteiger partial charge is 0.0522 e. The molecular weight excluding hydrogens is 246 g/mol. The molecule has 0 amide bonds. The van der Waals surface area contributed by atoms with Gasteiger partial charge in [-0.15, -0.1) is 0 Å². The number of hydrogen-bond donors (Lipinski definition) is 2. The van der Waals surface area contributed by atoms with E-state index in [2.05, 4.69) is 61.4 Å². The molecule has 0 radical (unpaired) electrons. The van der Waals surface area contributed by atoms with Crippen molar-refractivity contribution in [3.8, 4) is 0 Å². The van der Waals surface area contributed by atoms with Gasteiger partial charge in [0.25, 0.3) is 0 Å². The van der Waals surface area contributed by atoms with Crippen molar-refractivity contribution in [2.24, 2.45) is 0 Å². The van der Waals surface area contributed by atoms with Crippen molar-refractivity contribution in [2.45, 2.75) is 46.6 Å². The van der Waals surface area contributed by atoms with Crippen molar-refractivity contribution in [3.05, 3.63) is 52.3 Å². The van der Waals surface area contributed by atoms with Crippen molar-refractivity contribution in [1.29, 1.82) is 0 Å². The first-order valence-corrected chi connectivity index (χ1v) is 7.37. The van der Waals surface area contributed by atoms with Gasteiger partial charge in [0.15, 0.2) is 0 Å². The second kappa shape index (κ2) is 6.71. The average molecular weight is 271 g/mol. The van der Waals surface area contributed by atoms with Crippen LogP contribution in [0.5, 0.6) is 0 Å². The minimum absolute atomic E-state index is 0.403. The van der Waals surface area contributed by atoms with Gasteiger partial charge in [0, 0.05) is 11.7 Å². The molecule has 1 heterocycles. The molecule has 2 N–H and O–H groups in total. The highest BCUT2D eigenvalue weighted by Crippen LogP contribution is 2.18. The Kier molecular flexibility index (Phi) is 4.96. The summed E-state index contributed by atoms with van der Waals surface area (Å²) in [4.78, 5) is 0. The minimum atomic E-state index is 0.403. The molecule has 0 saturated heterocycles. The van der Waals surface area contributed by atoms with Crippen molar-refractivity contribution in [1.82, 2.24) is 15.5 Å². The first-order valence-electron chi connectivity index (χ1n) is 7.37. The summed E-state index contributed by atoms with van der Waals surface area (Å²) in [6, 6.07) is 7.07. The number of nitrogens with zero attached hydrogens (tertiary/aromatic N) is 1. The summed E-state index contributed by atoms with van der Waals surface area (Å²) in [5, 5.41) is 10.7. The van der Waals surface area contributed by atoms with E-state index in [-0.39, 0.29) is 0 Å². The zero-order chi connectivity index (χ0) is 14.5. The second-order valence-corrected chi connectivity index (χ2v) is 5.66. The summed E-state index contributed by atoms with van der Waals surface area (Å²) in [5.74, 6) is 0. The standard InChI is InChI=1S/C17H25N3/c1-12-7-8-13(2)17(10-12)15(4)18-9-5-6-16-11-19-20-14(16)3/h7-8,10-11,15,18H,5-6,9H2,1-4H3,(H,19,20). The summed E-state index contributed by atoms with van der Waals surface area (Å²) in [7, 11) is 0. The molecule has 0 fully saturated rings. The van der Waals surface area contributed by atoms with Crippen LogP contribution < -0.4 is 5.32 Å². The predicted octanol–water partition coefficient (Wildman–Crippen LogP) is 3.62.